The quantitative estimate of drug-likeness (QED) is 0.276. The summed E-state index contributed by atoms with van der Waals surface area (Å²) in [6.45, 7) is 3.48. The molecule has 0 spiro atoms. The highest BCUT2D eigenvalue weighted by Gasteiger charge is 2.34. The van der Waals surface area contributed by atoms with Gasteiger partial charge in [-0.3, -0.25) is 9.69 Å². The van der Waals surface area contributed by atoms with Crippen LogP contribution in [0.15, 0.2) is 83.9 Å². The zero-order valence-corrected chi connectivity index (χ0v) is 24.8. The minimum absolute atomic E-state index is 0.0682. The molecule has 2 aliphatic heterocycles. The van der Waals surface area contributed by atoms with E-state index in [0.29, 0.717) is 35.8 Å². The largest absolute Gasteiger partial charge is 0.338 e. The van der Waals surface area contributed by atoms with E-state index in [4.69, 9.17) is 0 Å². The third kappa shape index (κ3) is 6.40. The van der Waals surface area contributed by atoms with Gasteiger partial charge in [-0.05, 0) is 92.0 Å². The predicted octanol–water partition coefficient (Wildman–Crippen LogP) is 5.56. The van der Waals surface area contributed by atoms with Crippen molar-refractivity contribution in [1.29, 1.82) is 0 Å². The summed E-state index contributed by atoms with van der Waals surface area (Å²) < 4.78 is 52.6. The van der Waals surface area contributed by atoms with Crippen LogP contribution in [0, 0.1) is 11.6 Å². The fraction of sp³-hybridized carbons (Fsp3) is 0.333. The third-order valence-corrected chi connectivity index (χ3v) is 9.79. The lowest BCUT2D eigenvalue weighted by molar-refractivity contribution is 0.0788. The number of aromatic nitrogens is 2. The number of piperidine rings is 1. The molecule has 1 amide bonds. The van der Waals surface area contributed by atoms with E-state index in [2.05, 4.69) is 10.00 Å². The number of halogens is 2. The first kappa shape index (κ1) is 29.2. The molecule has 3 heterocycles. The minimum atomic E-state index is -3.24. The van der Waals surface area contributed by atoms with Crippen molar-refractivity contribution >= 4 is 15.7 Å². The smallest absolute Gasteiger partial charge is 0.257 e. The Morgan fingerprint density at radius 1 is 0.837 bits per heavy atom. The number of carbonyl (C=O) groups is 1. The van der Waals surface area contributed by atoms with E-state index in [1.807, 2.05) is 17.0 Å². The van der Waals surface area contributed by atoms with Gasteiger partial charge in [0.25, 0.3) is 5.91 Å². The lowest BCUT2D eigenvalue weighted by Crippen LogP contribution is -2.34. The molecule has 2 fully saturated rings. The Morgan fingerprint density at radius 2 is 1.44 bits per heavy atom. The molecular formula is C33H34F2N4O3S. The van der Waals surface area contributed by atoms with Crippen molar-refractivity contribution in [3.05, 3.63) is 113 Å². The number of amides is 1. The van der Waals surface area contributed by atoms with Crippen molar-refractivity contribution in [2.75, 3.05) is 32.4 Å². The molecule has 0 N–H and O–H groups in total. The fourth-order valence-electron chi connectivity index (χ4n) is 6.29. The lowest BCUT2D eigenvalue weighted by atomic mass is 9.90. The molecular weight excluding hydrogens is 570 g/mol. The number of hydrogen-bond acceptors (Lipinski definition) is 5. The lowest BCUT2D eigenvalue weighted by Gasteiger charge is -2.33. The van der Waals surface area contributed by atoms with Gasteiger partial charge in [-0.2, -0.15) is 5.10 Å². The summed E-state index contributed by atoms with van der Waals surface area (Å²) >= 11 is 0. The zero-order chi connectivity index (χ0) is 30.1. The van der Waals surface area contributed by atoms with Crippen LogP contribution >= 0.6 is 0 Å². The monoisotopic (exact) mass is 604 g/mol. The van der Waals surface area contributed by atoms with Crippen molar-refractivity contribution in [3.63, 3.8) is 0 Å². The van der Waals surface area contributed by atoms with Gasteiger partial charge in [0.2, 0.25) is 0 Å². The maximum Gasteiger partial charge on any atom is 0.257 e. The molecule has 4 aromatic rings. The Kier molecular flexibility index (Phi) is 8.15. The standard InChI is InChI=1S/C33H34F2N4O3S/c1-43(41,42)30-12-2-23(3-13-30)21-37-17-14-25(15-18-37)32-31(20-36-39(32)29-10-8-28(35)9-11-29)33(40)38-19-16-26(22-38)24-4-6-27(34)7-5-24/h2-13,20,25-26H,14-19,21-22H2,1H3. The average Bonchev–Trinajstić information content (AvgIpc) is 3.67. The molecule has 3 aromatic carbocycles. The number of carbonyl (C=O) groups excluding carboxylic acids is 1. The van der Waals surface area contributed by atoms with Gasteiger partial charge in [0.1, 0.15) is 11.6 Å². The molecule has 2 aliphatic rings. The number of rotatable bonds is 7. The third-order valence-electron chi connectivity index (χ3n) is 8.66. The molecule has 0 aliphatic carbocycles. The highest BCUT2D eigenvalue weighted by molar-refractivity contribution is 7.90. The first-order chi connectivity index (χ1) is 20.7. The van der Waals surface area contributed by atoms with E-state index >= 15 is 0 Å². The van der Waals surface area contributed by atoms with Crippen LogP contribution in [0.5, 0.6) is 0 Å². The molecule has 1 atom stereocenters. The second kappa shape index (κ2) is 12.0. The number of hydrogen-bond donors (Lipinski definition) is 0. The summed E-state index contributed by atoms with van der Waals surface area (Å²) in [4.78, 5) is 18.4. The number of likely N-dealkylation sites (tertiary alicyclic amines) is 2. The second-order valence-electron chi connectivity index (χ2n) is 11.6. The summed E-state index contributed by atoms with van der Waals surface area (Å²) in [5.41, 5.74) is 4.19. The summed E-state index contributed by atoms with van der Waals surface area (Å²) in [5, 5.41) is 4.63. The van der Waals surface area contributed by atoms with E-state index in [1.165, 1.54) is 30.5 Å². The Balaban J connectivity index is 1.20. The Hall–Kier alpha value is -3.89. The molecule has 224 valence electrons. The van der Waals surface area contributed by atoms with Crippen LogP contribution in [0.25, 0.3) is 5.69 Å². The van der Waals surface area contributed by atoms with Gasteiger partial charge >= 0.3 is 0 Å². The van der Waals surface area contributed by atoms with Crippen LogP contribution in [0.3, 0.4) is 0 Å². The van der Waals surface area contributed by atoms with Gasteiger partial charge in [-0.15, -0.1) is 0 Å². The molecule has 0 bridgehead atoms. The molecule has 1 unspecified atom stereocenters. The maximum atomic E-state index is 13.9. The van der Waals surface area contributed by atoms with E-state index < -0.39 is 9.84 Å². The van der Waals surface area contributed by atoms with E-state index in [-0.39, 0.29) is 29.4 Å². The molecule has 43 heavy (non-hydrogen) atoms. The number of sulfone groups is 1. The Morgan fingerprint density at radius 3 is 2.07 bits per heavy atom. The average molecular weight is 605 g/mol. The first-order valence-corrected chi connectivity index (χ1v) is 16.4. The minimum Gasteiger partial charge on any atom is -0.338 e. The summed E-state index contributed by atoms with van der Waals surface area (Å²) in [7, 11) is -3.24. The molecule has 6 rings (SSSR count). The van der Waals surface area contributed by atoms with E-state index in [0.717, 1.165) is 49.2 Å². The van der Waals surface area contributed by atoms with E-state index in [9.17, 15) is 22.0 Å². The Bertz CT molecular complexity index is 1700. The Labute approximate surface area is 250 Å². The van der Waals surface area contributed by atoms with Gasteiger partial charge in [-0.1, -0.05) is 24.3 Å². The van der Waals surface area contributed by atoms with Crippen LogP contribution in [0.4, 0.5) is 8.78 Å². The van der Waals surface area contributed by atoms with Gasteiger partial charge < -0.3 is 4.90 Å². The van der Waals surface area contributed by atoms with Crippen molar-refractivity contribution in [3.8, 4) is 5.69 Å². The number of nitrogens with zero attached hydrogens (tertiary/aromatic N) is 4. The molecule has 0 radical (unpaired) electrons. The van der Waals surface area contributed by atoms with Crippen LogP contribution < -0.4 is 0 Å². The highest BCUT2D eigenvalue weighted by atomic mass is 32.2. The van der Waals surface area contributed by atoms with Crippen LogP contribution in [0.2, 0.25) is 0 Å². The molecule has 2 saturated heterocycles. The molecule has 0 saturated carbocycles. The van der Waals surface area contributed by atoms with Crippen LogP contribution in [-0.4, -0.2) is 66.3 Å². The van der Waals surface area contributed by atoms with Crippen LogP contribution in [0.1, 0.15) is 58.3 Å². The van der Waals surface area contributed by atoms with Crippen molar-refractivity contribution in [2.45, 2.75) is 42.5 Å². The SMILES string of the molecule is CS(=O)(=O)c1ccc(CN2CCC(c3c(C(=O)N4CCC(c5ccc(F)cc5)C4)cnn3-c3ccc(F)cc3)CC2)cc1. The van der Waals surface area contributed by atoms with Gasteiger partial charge in [0, 0.05) is 37.7 Å². The van der Waals surface area contributed by atoms with Gasteiger partial charge in [0.05, 0.1) is 28.0 Å². The van der Waals surface area contributed by atoms with Gasteiger partial charge in [-0.25, -0.2) is 21.9 Å². The topological polar surface area (TPSA) is 75.5 Å². The molecule has 10 heteroatoms. The number of benzene rings is 3. The van der Waals surface area contributed by atoms with Gasteiger partial charge in [0.15, 0.2) is 9.84 Å². The summed E-state index contributed by atoms with van der Waals surface area (Å²) in [6, 6.07) is 19.7. The normalized spacial score (nSPS) is 18.3. The summed E-state index contributed by atoms with van der Waals surface area (Å²) in [6.07, 6.45) is 5.28. The predicted molar refractivity (Wildman–Crippen MR) is 160 cm³/mol. The molecule has 7 nitrogen and oxygen atoms in total. The highest BCUT2D eigenvalue weighted by Crippen LogP contribution is 2.35. The summed E-state index contributed by atoms with van der Waals surface area (Å²) in [5.74, 6) is -0.457. The fourth-order valence-corrected chi connectivity index (χ4v) is 6.92. The van der Waals surface area contributed by atoms with Crippen molar-refractivity contribution in [2.24, 2.45) is 0 Å². The molecule has 1 aromatic heterocycles. The second-order valence-corrected chi connectivity index (χ2v) is 13.6. The van der Waals surface area contributed by atoms with E-state index in [1.54, 1.807) is 47.3 Å². The first-order valence-electron chi connectivity index (χ1n) is 14.6. The van der Waals surface area contributed by atoms with Crippen LogP contribution in [-0.2, 0) is 16.4 Å². The van der Waals surface area contributed by atoms with Crippen molar-refractivity contribution < 1.29 is 22.0 Å². The van der Waals surface area contributed by atoms with Crippen molar-refractivity contribution in [1.82, 2.24) is 19.6 Å². The maximum absolute atomic E-state index is 13.9. The zero-order valence-electron chi connectivity index (χ0n) is 24.0.